The van der Waals surface area contributed by atoms with Crippen molar-refractivity contribution in [2.75, 3.05) is 20.6 Å². The SMILES string of the molecule is CCCCCN=C(N)N=N.CN(C)NN. The van der Waals surface area contributed by atoms with Gasteiger partial charge in [0.05, 0.1) is 0 Å². The summed E-state index contributed by atoms with van der Waals surface area (Å²) >= 11 is 0. The average Bonchev–Trinajstić information content (AvgIpc) is 2.24. The number of rotatable bonds is 5. The van der Waals surface area contributed by atoms with Gasteiger partial charge in [-0.3, -0.25) is 10.8 Å². The van der Waals surface area contributed by atoms with Crippen LogP contribution >= 0.6 is 0 Å². The average molecular weight is 217 g/mol. The molecule has 0 saturated heterocycles. The third-order valence-corrected chi connectivity index (χ3v) is 1.41. The Bertz CT molecular complexity index is 166. The second-order valence-electron chi connectivity index (χ2n) is 3.08. The van der Waals surface area contributed by atoms with Crippen LogP contribution in [-0.2, 0) is 0 Å². The summed E-state index contributed by atoms with van der Waals surface area (Å²) < 4.78 is 0. The molecule has 15 heavy (non-hydrogen) atoms. The topological polar surface area (TPSA) is 116 Å². The van der Waals surface area contributed by atoms with E-state index in [9.17, 15) is 0 Å². The molecular weight excluding hydrogens is 194 g/mol. The highest BCUT2D eigenvalue weighted by molar-refractivity contribution is 5.77. The zero-order valence-electron chi connectivity index (χ0n) is 9.82. The molecule has 90 valence electrons. The molecule has 0 bridgehead atoms. The number of hydrazine groups is 2. The van der Waals surface area contributed by atoms with Crippen molar-refractivity contribution >= 4 is 5.96 Å². The molecule has 0 saturated carbocycles. The fourth-order valence-corrected chi connectivity index (χ4v) is 0.591. The Morgan fingerprint density at radius 2 is 1.93 bits per heavy atom. The van der Waals surface area contributed by atoms with Gasteiger partial charge in [0, 0.05) is 20.6 Å². The van der Waals surface area contributed by atoms with E-state index in [1.807, 2.05) is 14.1 Å². The molecule has 7 nitrogen and oxygen atoms in total. The van der Waals surface area contributed by atoms with Crippen LogP contribution in [0.15, 0.2) is 10.1 Å². The van der Waals surface area contributed by atoms with Crippen molar-refractivity contribution in [2.45, 2.75) is 26.2 Å². The van der Waals surface area contributed by atoms with Crippen molar-refractivity contribution in [3.05, 3.63) is 0 Å². The Morgan fingerprint density at radius 1 is 1.40 bits per heavy atom. The van der Waals surface area contributed by atoms with Gasteiger partial charge in [0.25, 0.3) is 0 Å². The van der Waals surface area contributed by atoms with Crippen LogP contribution in [0.5, 0.6) is 0 Å². The largest absolute Gasteiger partial charge is 0.367 e. The van der Waals surface area contributed by atoms with E-state index in [0.29, 0.717) is 6.54 Å². The maximum atomic E-state index is 6.46. The number of hydrogen-bond acceptors (Lipinski definition) is 5. The molecule has 0 aromatic heterocycles. The van der Waals surface area contributed by atoms with Gasteiger partial charge >= 0.3 is 0 Å². The molecule has 0 rings (SSSR count). The normalized spacial score (nSPS) is 10.9. The van der Waals surface area contributed by atoms with Gasteiger partial charge in [-0.1, -0.05) is 19.8 Å². The summed E-state index contributed by atoms with van der Waals surface area (Å²) in [5.74, 6) is 4.93. The molecule has 0 aliphatic heterocycles. The molecule has 0 aromatic carbocycles. The van der Waals surface area contributed by atoms with E-state index < -0.39 is 0 Å². The monoisotopic (exact) mass is 217 g/mol. The number of aliphatic imine (C=N–C) groups is 1. The number of hydrogen-bond donors (Lipinski definition) is 4. The lowest BCUT2D eigenvalue weighted by Gasteiger charge is -2.02. The summed E-state index contributed by atoms with van der Waals surface area (Å²) in [4.78, 5) is 3.82. The number of unbranched alkanes of at least 4 members (excludes halogenated alkanes) is 2. The number of nitrogens with one attached hydrogen (secondary N) is 2. The summed E-state index contributed by atoms with van der Waals surface area (Å²) in [7, 11) is 3.64. The van der Waals surface area contributed by atoms with Crippen molar-refractivity contribution in [3.8, 4) is 0 Å². The maximum absolute atomic E-state index is 6.46. The lowest BCUT2D eigenvalue weighted by atomic mass is 10.2. The van der Waals surface area contributed by atoms with E-state index in [-0.39, 0.29) is 5.96 Å². The second-order valence-corrected chi connectivity index (χ2v) is 3.08. The molecular formula is C8H23N7. The summed E-state index contributed by atoms with van der Waals surface area (Å²) in [6.45, 7) is 2.82. The van der Waals surface area contributed by atoms with Crippen molar-refractivity contribution in [1.82, 2.24) is 10.5 Å². The highest BCUT2D eigenvalue weighted by Crippen LogP contribution is 1.93. The predicted octanol–water partition coefficient (Wildman–Crippen LogP) is 0.449. The standard InChI is InChI=1S/C6H14N4.C2H9N3/c1-2-3-4-5-9-6(7)10-8;1-5(2)4-3/h8H,2-5H2,1H3,(H2,7,9);4H,3H2,1-2H3. The molecule has 7 heteroatoms. The third kappa shape index (κ3) is 19.4. The van der Waals surface area contributed by atoms with Gasteiger partial charge in [0.15, 0.2) is 0 Å². The first-order chi connectivity index (χ1) is 7.08. The van der Waals surface area contributed by atoms with Crippen LogP contribution in [0, 0.1) is 5.53 Å². The smallest absolute Gasteiger partial charge is 0.234 e. The Kier molecular flexibility index (Phi) is 14.1. The quantitative estimate of drug-likeness (QED) is 0.134. The zero-order valence-corrected chi connectivity index (χ0v) is 9.82. The first-order valence-corrected chi connectivity index (χ1v) is 4.89. The van der Waals surface area contributed by atoms with Gasteiger partial charge in [-0.05, 0) is 6.42 Å². The lowest BCUT2D eigenvalue weighted by molar-refractivity contribution is 0.296. The van der Waals surface area contributed by atoms with E-state index in [1.165, 1.54) is 6.42 Å². The molecule has 0 radical (unpaired) electrons. The van der Waals surface area contributed by atoms with Crippen molar-refractivity contribution in [1.29, 1.82) is 5.53 Å². The van der Waals surface area contributed by atoms with Gasteiger partial charge in [0.1, 0.15) is 0 Å². The van der Waals surface area contributed by atoms with Crippen LogP contribution in [0.3, 0.4) is 0 Å². The van der Waals surface area contributed by atoms with Gasteiger partial charge in [-0.15, -0.1) is 5.11 Å². The van der Waals surface area contributed by atoms with Gasteiger partial charge < -0.3 is 5.73 Å². The molecule has 0 aromatic rings. The minimum atomic E-state index is 0.0797. The van der Waals surface area contributed by atoms with Crippen LogP contribution < -0.4 is 17.1 Å². The summed E-state index contributed by atoms with van der Waals surface area (Å²) in [5.41, 5.74) is 14.0. The summed E-state index contributed by atoms with van der Waals surface area (Å²) in [6, 6.07) is 0. The Morgan fingerprint density at radius 3 is 2.27 bits per heavy atom. The fraction of sp³-hybridized carbons (Fsp3) is 0.875. The van der Waals surface area contributed by atoms with E-state index in [4.69, 9.17) is 17.1 Å². The van der Waals surface area contributed by atoms with Gasteiger partial charge in [-0.2, -0.15) is 5.53 Å². The molecule has 0 aliphatic rings. The van der Waals surface area contributed by atoms with E-state index >= 15 is 0 Å². The van der Waals surface area contributed by atoms with Crippen LogP contribution in [0.1, 0.15) is 26.2 Å². The molecule has 0 amide bonds. The molecule has 0 unspecified atom stereocenters. The highest BCUT2D eigenvalue weighted by Gasteiger charge is 1.85. The van der Waals surface area contributed by atoms with Crippen LogP contribution in [0.25, 0.3) is 0 Å². The summed E-state index contributed by atoms with van der Waals surface area (Å²) in [5, 5.41) is 4.62. The molecule has 6 N–H and O–H groups in total. The van der Waals surface area contributed by atoms with Crippen LogP contribution in [0.4, 0.5) is 0 Å². The van der Waals surface area contributed by atoms with E-state index in [0.717, 1.165) is 12.8 Å². The second kappa shape index (κ2) is 12.9. The highest BCUT2D eigenvalue weighted by atomic mass is 15.6. The Balaban J connectivity index is 0. The third-order valence-electron chi connectivity index (χ3n) is 1.41. The van der Waals surface area contributed by atoms with E-state index in [1.54, 1.807) is 5.01 Å². The van der Waals surface area contributed by atoms with Crippen LogP contribution in [0.2, 0.25) is 0 Å². The molecule has 0 spiro atoms. The van der Waals surface area contributed by atoms with Gasteiger partial charge in [0.2, 0.25) is 5.96 Å². The fourth-order valence-electron chi connectivity index (χ4n) is 0.591. The first-order valence-electron chi connectivity index (χ1n) is 4.89. The number of guanidine groups is 1. The molecule has 0 fully saturated rings. The minimum Gasteiger partial charge on any atom is -0.367 e. The zero-order chi connectivity index (χ0) is 12.1. The molecule has 0 aliphatic carbocycles. The van der Waals surface area contributed by atoms with Crippen molar-refractivity contribution in [2.24, 2.45) is 21.7 Å². The van der Waals surface area contributed by atoms with E-state index in [2.05, 4.69) is 22.6 Å². The summed E-state index contributed by atoms with van der Waals surface area (Å²) in [6.07, 6.45) is 3.37. The number of nitrogens with two attached hydrogens (primary N) is 2. The van der Waals surface area contributed by atoms with Gasteiger partial charge in [-0.25, -0.2) is 10.5 Å². The molecule has 0 atom stereocenters. The first kappa shape index (κ1) is 16.4. The Hall–Kier alpha value is -1.05. The Labute approximate surface area is 91.4 Å². The number of nitrogens with zero attached hydrogens (tertiary/aromatic N) is 3. The van der Waals surface area contributed by atoms with Crippen molar-refractivity contribution in [3.63, 3.8) is 0 Å². The predicted molar refractivity (Wildman–Crippen MR) is 62.2 cm³/mol. The van der Waals surface area contributed by atoms with Crippen LogP contribution in [-0.4, -0.2) is 31.6 Å². The lowest BCUT2D eigenvalue weighted by Crippen LogP contribution is -2.36. The maximum Gasteiger partial charge on any atom is 0.234 e. The molecule has 0 heterocycles. The van der Waals surface area contributed by atoms with Crippen molar-refractivity contribution < 1.29 is 0 Å². The minimum absolute atomic E-state index is 0.0797.